The minimum Gasteiger partial charge on any atom is -0.310 e. The predicted molar refractivity (Wildman–Crippen MR) is 241 cm³/mol. The van der Waals surface area contributed by atoms with E-state index in [9.17, 15) is 0 Å². The lowest BCUT2D eigenvalue weighted by molar-refractivity contribution is 0.714. The fourth-order valence-corrected chi connectivity index (χ4v) is 10.3. The summed E-state index contributed by atoms with van der Waals surface area (Å²) in [5.41, 5.74) is 19.5. The van der Waals surface area contributed by atoms with Crippen LogP contribution < -0.4 is 4.90 Å². The molecule has 0 spiro atoms. The van der Waals surface area contributed by atoms with Gasteiger partial charge in [0.1, 0.15) is 0 Å². The first kappa shape index (κ1) is 34.1. The Balaban J connectivity index is 1.07. The number of benzene rings is 9. The van der Waals surface area contributed by atoms with E-state index >= 15 is 0 Å². The molecule has 9 aromatic rings. The van der Waals surface area contributed by atoms with E-state index in [0.29, 0.717) is 0 Å². The minimum absolute atomic E-state index is 0.241. The highest BCUT2D eigenvalue weighted by atomic mass is 15.1. The number of fused-ring (bicyclic) bond motifs is 6. The van der Waals surface area contributed by atoms with Crippen LogP contribution in [-0.2, 0) is 10.8 Å². The van der Waals surface area contributed by atoms with Gasteiger partial charge in [-0.1, -0.05) is 194 Å². The van der Waals surface area contributed by atoms with Crippen molar-refractivity contribution < 1.29 is 0 Å². The van der Waals surface area contributed by atoms with Crippen molar-refractivity contribution in [1.29, 1.82) is 0 Å². The lowest BCUT2D eigenvalue weighted by Crippen LogP contribution is -2.28. The van der Waals surface area contributed by atoms with Crippen LogP contribution in [0.15, 0.2) is 231 Å². The van der Waals surface area contributed by atoms with Crippen molar-refractivity contribution in [2.24, 2.45) is 0 Å². The van der Waals surface area contributed by atoms with Crippen molar-refractivity contribution in [3.8, 4) is 33.4 Å². The first-order chi connectivity index (χ1) is 28.7. The topological polar surface area (TPSA) is 3.24 Å². The van der Waals surface area contributed by atoms with E-state index in [1.165, 1.54) is 72.3 Å². The number of para-hydroxylation sites is 1. The van der Waals surface area contributed by atoms with E-state index < -0.39 is 5.41 Å². The first-order valence-corrected chi connectivity index (χ1v) is 20.3. The Morgan fingerprint density at radius 1 is 0.310 bits per heavy atom. The van der Waals surface area contributed by atoms with Gasteiger partial charge in [0.15, 0.2) is 0 Å². The molecule has 274 valence electrons. The minimum atomic E-state index is -0.477. The standard InChI is InChI=1S/C57H41N/c1-56(41-19-6-2-7-20-41)51-30-16-15-28-50(51)55-47(29-18-32-53(55)56)40-33-35-45(36-34-40)58(44-25-12-5-13-26-44)46-37-38-49-48-27-14-17-31-52(48)57(54(49)39-46,42-21-8-3-9-22-42)43-23-10-4-11-24-43/h2-39H,1H3. The van der Waals surface area contributed by atoms with Gasteiger partial charge in [-0.25, -0.2) is 0 Å². The van der Waals surface area contributed by atoms with E-state index in [4.69, 9.17) is 0 Å². The average Bonchev–Trinajstić information content (AvgIpc) is 3.75. The van der Waals surface area contributed by atoms with Gasteiger partial charge in [-0.05, 0) is 116 Å². The second-order valence-corrected chi connectivity index (χ2v) is 15.7. The van der Waals surface area contributed by atoms with Gasteiger partial charge in [0.25, 0.3) is 0 Å². The van der Waals surface area contributed by atoms with Crippen LogP contribution in [0.5, 0.6) is 0 Å². The van der Waals surface area contributed by atoms with Crippen LogP contribution in [0.25, 0.3) is 33.4 Å². The normalized spacial score (nSPS) is 15.5. The van der Waals surface area contributed by atoms with Crippen LogP contribution in [-0.4, -0.2) is 0 Å². The van der Waals surface area contributed by atoms with Crippen LogP contribution in [0.2, 0.25) is 0 Å². The van der Waals surface area contributed by atoms with Gasteiger partial charge < -0.3 is 4.90 Å². The fourth-order valence-electron chi connectivity index (χ4n) is 10.3. The quantitative estimate of drug-likeness (QED) is 0.157. The summed E-state index contributed by atoms with van der Waals surface area (Å²) in [4.78, 5) is 2.41. The summed E-state index contributed by atoms with van der Waals surface area (Å²) in [6.07, 6.45) is 0. The maximum atomic E-state index is 2.45. The number of anilines is 3. The Labute approximate surface area is 341 Å². The molecule has 1 atom stereocenters. The molecule has 0 bridgehead atoms. The molecule has 1 nitrogen and oxygen atoms in total. The Kier molecular flexibility index (Phi) is 7.91. The van der Waals surface area contributed by atoms with Gasteiger partial charge in [0, 0.05) is 22.5 Å². The molecule has 0 fully saturated rings. The zero-order chi connectivity index (χ0) is 38.7. The van der Waals surface area contributed by atoms with E-state index in [0.717, 1.165) is 17.1 Å². The molecule has 1 unspecified atom stereocenters. The first-order valence-electron chi connectivity index (χ1n) is 20.3. The molecule has 0 N–H and O–H groups in total. The summed E-state index contributed by atoms with van der Waals surface area (Å²) in [7, 11) is 0. The number of rotatable bonds is 7. The van der Waals surface area contributed by atoms with E-state index in [1.54, 1.807) is 0 Å². The van der Waals surface area contributed by atoms with Crippen molar-refractivity contribution in [3.05, 3.63) is 269 Å². The monoisotopic (exact) mass is 739 g/mol. The predicted octanol–water partition coefficient (Wildman–Crippen LogP) is 14.5. The van der Waals surface area contributed by atoms with Crippen molar-refractivity contribution >= 4 is 17.1 Å². The second kappa shape index (κ2) is 13.5. The molecule has 2 aliphatic rings. The fraction of sp³-hybridized carbons (Fsp3) is 0.0526. The van der Waals surface area contributed by atoms with Crippen LogP contribution in [0, 0.1) is 0 Å². The van der Waals surface area contributed by atoms with Gasteiger partial charge in [-0.3, -0.25) is 0 Å². The van der Waals surface area contributed by atoms with Crippen LogP contribution in [0.3, 0.4) is 0 Å². The van der Waals surface area contributed by atoms with Crippen LogP contribution >= 0.6 is 0 Å². The van der Waals surface area contributed by atoms with Crippen LogP contribution in [0.4, 0.5) is 17.1 Å². The zero-order valence-electron chi connectivity index (χ0n) is 32.4. The molecule has 58 heavy (non-hydrogen) atoms. The Morgan fingerprint density at radius 2 is 0.776 bits per heavy atom. The van der Waals surface area contributed by atoms with Crippen molar-refractivity contribution in [2.45, 2.75) is 17.8 Å². The Morgan fingerprint density at radius 3 is 1.43 bits per heavy atom. The number of nitrogens with zero attached hydrogens (tertiary/aromatic N) is 1. The third-order valence-electron chi connectivity index (χ3n) is 12.8. The van der Waals surface area contributed by atoms with Crippen molar-refractivity contribution in [3.63, 3.8) is 0 Å². The SMILES string of the molecule is CC1(c2ccccc2)c2ccccc2-c2c(-c3ccc(N(c4ccccc4)c4ccc5c(c4)C(c4ccccc4)(c4ccccc4)c4ccccc4-5)cc3)cccc21. The zero-order valence-corrected chi connectivity index (χ0v) is 32.4. The van der Waals surface area contributed by atoms with Crippen molar-refractivity contribution in [2.75, 3.05) is 4.90 Å². The Bertz CT molecular complexity index is 2890. The molecule has 0 saturated carbocycles. The van der Waals surface area contributed by atoms with Gasteiger partial charge >= 0.3 is 0 Å². The maximum absolute atomic E-state index is 2.45. The molecular weight excluding hydrogens is 699 g/mol. The molecule has 0 amide bonds. The van der Waals surface area contributed by atoms with Gasteiger partial charge in [-0.15, -0.1) is 0 Å². The summed E-state index contributed by atoms with van der Waals surface area (Å²) < 4.78 is 0. The molecule has 0 aromatic heterocycles. The molecule has 9 aromatic carbocycles. The molecule has 1 heteroatoms. The molecule has 0 heterocycles. The third kappa shape index (κ3) is 4.96. The third-order valence-corrected chi connectivity index (χ3v) is 12.8. The second-order valence-electron chi connectivity index (χ2n) is 15.7. The van der Waals surface area contributed by atoms with E-state index in [2.05, 4.69) is 242 Å². The van der Waals surface area contributed by atoms with Gasteiger partial charge in [0.2, 0.25) is 0 Å². The lowest BCUT2D eigenvalue weighted by Gasteiger charge is -2.35. The Hall–Kier alpha value is -7.22. The largest absolute Gasteiger partial charge is 0.310 e. The molecule has 11 rings (SSSR count). The van der Waals surface area contributed by atoms with E-state index in [-0.39, 0.29) is 5.41 Å². The summed E-state index contributed by atoms with van der Waals surface area (Å²) in [5, 5.41) is 0. The summed E-state index contributed by atoms with van der Waals surface area (Å²) in [6.45, 7) is 2.39. The highest BCUT2D eigenvalue weighted by molar-refractivity contribution is 5.95. The summed E-state index contributed by atoms with van der Waals surface area (Å²) >= 11 is 0. The van der Waals surface area contributed by atoms with Crippen molar-refractivity contribution in [1.82, 2.24) is 0 Å². The molecular formula is C57H41N. The van der Waals surface area contributed by atoms with Crippen LogP contribution in [0.1, 0.15) is 45.9 Å². The summed E-state index contributed by atoms with van der Waals surface area (Å²) in [6, 6.07) is 84.9. The number of hydrogen-bond acceptors (Lipinski definition) is 1. The number of hydrogen-bond donors (Lipinski definition) is 0. The molecule has 2 aliphatic carbocycles. The highest BCUT2D eigenvalue weighted by Crippen LogP contribution is 2.58. The highest BCUT2D eigenvalue weighted by Gasteiger charge is 2.46. The molecule has 0 saturated heterocycles. The molecule has 0 aliphatic heterocycles. The van der Waals surface area contributed by atoms with E-state index in [1.807, 2.05) is 0 Å². The lowest BCUT2D eigenvalue weighted by atomic mass is 9.67. The van der Waals surface area contributed by atoms with Gasteiger partial charge in [0.05, 0.1) is 5.41 Å². The summed E-state index contributed by atoms with van der Waals surface area (Å²) in [5.74, 6) is 0. The smallest absolute Gasteiger partial charge is 0.0714 e. The van der Waals surface area contributed by atoms with Gasteiger partial charge in [-0.2, -0.15) is 0 Å². The molecule has 0 radical (unpaired) electrons. The maximum Gasteiger partial charge on any atom is 0.0714 e. The average molecular weight is 740 g/mol.